The number of likely N-dealkylation sites (tertiary alicyclic amines) is 1. The van der Waals surface area contributed by atoms with Gasteiger partial charge in [-0.25, -0.2) is 9.97 Å². The summed E-state index contributed by atoms with van der Waals surface area (Å²) >= 11 is 0. The Hall–Kier alpha value is -3.12. The van der Waals surface area contributed by atoms with E-state index in [1.165, 1.54) is 19.0 Å². The minimum absolute atomic E-state index is 0.142. The third-order valence-corrected chi connectivity index (χ3v) is 6.32. The summed E-state index contributed by atoms with van der Waals surface area (Å²) in [5.41, 5.74) is 0.302. The molecule has 0 unspecified atom stereocenters. The summed E-state index contributed by atoms with van der Waals surface area (Å²) in [5.74, 6) is 0.208. The van der Waals surface area contributed by atoms with Gasteiger partial charge < -0.3 is 10.3 Å². The lowest BCUT2D eigenvalue weighted by atomic mass is 9.85. The summed E-state index contributed by atoms with van der Waals surface area (Å²) < 4.78 is 41.2. The van der Waals surface area contributed by atoms with Crippen LogP contribution in [0.15, 0.2) is 30.6 Å². The second-order valence-electron chi connectivity index (χ2n) is 8.17. The van der Waals surface area contributed by atoms with Gasteiger partial charge in [0.15, 0.2) is 0 Å². The van der Waals surface area contributed by atoms with Gasteiger partial charge in [-0.1, -0.05) is 6.07 Å². The molecule has 0 bridgehead atoms. The predicted molar refractivity (Wildman–Crippen MR) is 110 cm³/mol. The summed E-state index contributed by atoms with van der Waals surface area (Å²) in [4.78, 5) is 13.7. The van der Waals surface area contributed by atoms with E-state index in [1.807, 2.05) is 6.07 Å². The molecule has 5 rings (SSSR count). The molecule has 1 aliphatic heterocycles. The first-order valence-corrected chi connectivity index (χ1v) is 10.4. The Labute approximate surface area is 177 Å². The fourth-order valence-electron chi connectivity index (χ4n) is 4.58. The summed E-state index contributed by atoms with van der Waals surface area (Å²) in [6.07, 6.45) is 2.19. The summed E-state index contributed by atoms with van der Waals surface area (Å²) in [7, 11) is 0. The average molecular weight is 426 g/mol. The summed E-state index contributed by atoms with van der Waals surface area (Å²) in [5, 5.41) is 12.9. The lowest BCUT2D eigenvalue weighted by Gasteiger charge is -2.43. The first kappa shape index (κ1) is 19.8. The van der Waals surface area contributed by atoms with Gasteiger partial charge >= 0.3 is 6.18 Å². The van der Waals surface area contributed by atoms with Crippen LogP contribution in [0.2, 0.25) is 0 Å². The fraction of sp³-hybridized carbons (Fsp3) is 0.409. The molecule has 1 aromatic carbocycles. The summed E-state index contributed by atoms with van der Waals surface area (Å²) in [6.45, 7) is 2.14. The zero-order valence-electron chi connectivity index (χ0n) is 16.7. The summed E-state index contributed by atoms with van der Waals surface area (Å²) in [6, 6.07) is 7.40. The smallest absolute Gasteiger partial charge is 0.360 e. The van der Waals surface area contributed by atoms with Crippen molar-refractivity contribution in [2.24, 2.45) is 0 Å². The predicted octanol–water partition coefficient (Wildman–Crippen LogP) is 4.55. The molecule has 2 N–H and O–H groups in total. The molecule has 2 aliphatic rings. The molecular formula is C22H21F3N6. The highest BCUT2D eigenvalue weighted by Crippen LogP contribution is 2.39. The molecule has 1 saturated carbocycles. The van der Waals surface area contributed by atoms with E-state index >= 15 is 0 Å². The standard InChI is InChI=1S/C22H21F3N6/c23-22(24,25)16-12-28-21(29-17-5-6-19(17)31-7-1-2-8-31)30-20(16)15-11-27-18-9-13(10-26)3-4-14(15)18/h3-4,9,11-12,17,19,27H,1-2,5-8H2,(H,28,29,30)/t17-,19-/m1/s1. The van der Waals surface area contributed by atoms with Crippen LogP contribution in [0.4, 0.5) is 19.1 Å². The number of alkyl halides is 3. The van der Waals surface area contributed by atoms with Crippen molar-refractivity contribution in [1.82, 2.24) is 19.9 Å². The van der Waals surface area contributed by atoms with Crippen LogP contribution in [0, 0.1) is 11.3 Å². The topological polar surface area (TPSA) is 80.6 Å². The van der Waals surface area contributed by atoms with E-state index in [0.29, 0.717) is 28.1 Å². The molecule has 3 heterocycles. The van der Waals surface area contributed by atoms with Crippen molar-refractivity contribution >= 4 is 16.9 Å². The van der Waals surface area contributed by atoms with E-state index in [0.717, 1.165) is 32.1 Å². The highest BCUT2D eigenvalue weighted by atomic mass is 19.4. The van der Waals surface area contributed by atoms with Gasteiger partial charge in [0, 0.05) is 40.9 Å². The minimum atomic E-state index is -4.58. The normalized spacial score (nSPS) is 21.7. The van der Waals surface area contributed by atoms with Crippen LogP contribution in [0.1, 0.15) is 36.8 Å². The molecule has 160 valence electrons. The van der Waals surface area contributed by atoms with Crippen molar-refractivity contribution < 1.29 is 13.2 Å². The average Bonchev–Trinajstić information content (AvgIpc) is 3.39. The van der Waals surface area contributed by atoms with Gasteiger partial charge in [-0.2, -0.15) is 18.4 Å². The Balaban J connectivity index is 1.51. The molecule has 0 radical (unpaired) electrons. The lowest BCUT2D eigenvalue weighted by Crippen LogP contribution is -2.53. The number of aromatic nitrogens is 3. The number of nitriles is 1. The maximum absolute atomic E-state index is 13.7. The Morgan fingerprint density at radius 1 is 1.19 bits per heavy atom. The molecule has 31 heavy (non-hydrogen) atoms. The highest BCUT2D eigenvalue weighted by Gasteiger charge is 2.39. The van der Waals surface area contributed by atoms with Crippen LogP contribution in [0.3, 0.4) is 0 Å². The van der Waals surface area contributed by atoms with Gasteiger partial charge in [0.2, 0.25) is 5.95 Å². The fourth-order valence-corrected chi connectivity index (χ4v) is 4.58. The Morgan fingerprint density at radius 2 is 2.00 bits per heavy atom. The van der Waals surface area contributed by atoms with Crippen LogP contribution in [0.5, 0.6) is 0 Å². The van der Waals surface area contributed by atoms with Crippen LogP contribution in [-0.4, -0.2) is 45.0 Å². The molecule has 0 amide bonds. The number of rotatable bonds is 4. The first-order chi connectivity index (χ1) is 14.9. The molecule has 6 nitrogen and oxygen atoms in total. The largest absolute Gasteiger partial charge is 0.419 e. The van der Waals surface area contributed by atoms with Crippen molar-refractivity contribution in [2.75, 3.05) is 18.4 Å². The first-order valence-electron chi connectivity index (χ1n) is 10.4. The Bertz CT molecular complexity index is 1160. The van der Waals surface area contributed by atoms with Gasteiger partial charge in [-0.05, 0) is 50.9 Å². The molecule has 1 aliphatic carbocycles. The minimum Gasteiger partial charge on any atom is -0.360 e. The van der Waals surface area contributed by atoms with Crippen LogP contribution < -0.4 is 5.32 Å². The van der Waals surface area contributed by atoms with Crippen LogP contribution in [-0.2, 0) is 6.18 Å². The van der Waals surface area contributed by atoms with E-state index in [4.69, 9.17) is 5.26 Å². The van der Waals surface area contributed by atoms with Crippen molar-refractivity contribution in [3.8, 4) is 17.3 Å². The SMILES string of the molecule is N#Cc1ccc2c(-c3nc(N[C@@H]4CC[C@H]4N4CCCC4)ncc3C(F)(F)F)c[nH]c2c1. The molecule has 9 heteroatoms. The molecule has 2 atom stereocenters. The number of fused-ring (bicyclic) bond motifs is 1. The number of hydrogen-bond acceptors (Lipinski definition) is 5. The van der Waals surface area contributed by atoms with E-state index in [1.54, 1.807) is 18.2 Å². The van der Waals surface area contributed by atoms with Gasteiger partial charge in [0.1, 0.15) is 5.56 Å². The zero-order valence-corrected chi connectivity index (χ0v) is 16.7. The third kappa shape index (κ3) is 3.61. The number of aromatic amines is 1. The monoisotopic (exact) mass is 426 g/mol. The number of benzene rings is 1. The molecule has 0 spiro atoms. The van der Waals surface area contributed by atoms with E-state index < -0.39 is 11.7 Å². The number of anilines is 1. The number of halogens is 3. The molecule has 2 aromatic heterocycles. The number of hydrogen-bond donors (Lipinski definition) is 2. The maximum Gasteiger partial charge on any atom is 0.419 e. The van der Waals surface area contributed by atoms with Gasteiger partial charge in [-0.3, -0.25) is 4.90 Å². The van der Waals surface area contributed by atoms with Crippen LogP contribution >= 0.6 is 0 Å². The number of nitrogens with one attached hydrogen (secondary N) is 2. The number of H-pyrrole nitrogens is 1. The lowest BCUT2D eigenvalue weighted by molar-refractivity contribution is -0.137. The molecule has 1 saturated heterocycles. The van der Waals surface area contributed by atoms with Crippen molar-refractivity contribution in [2.45, 2.75) is 43.9 Å². The van der Waals surface area contributed by atoms with Gasteiger partial charge in [-0.15, -0.1) is 0 Å². The van der Waals surface area contributed by atoms with Crippen LogP contribution in [0.25, 0.3) is 22.2 Å². The van der Waals surface area contributed by atoms with Gasteiger partial charge in [0.25, 0.3) is 0 Å². The molecular weight excluding hydrogens is 405 g/mol. The van der Waals surface area contributed by atoms with E-state index in [2.05, 4.69) is 25.2 Å². The molecule has 3 aromatic rings. The van der Waals surface area contributed by atoms with Crippen molar-refractivity contribution in [1.29, 1.82) is 5.26 Å². The second kappa shape index (κ2) is 7.54. The molecule has 2 fully saturated rings. The van der Waals surface area contributed by atoms with Gasteiger partial charge in [0.05, 0.1) is 17.3 Å². The van der Waals surface area contributed by atoms with E-state index in [9.17, 15) is 13.2 Å². The Morgan fingerprint density at radius 3 is 2.68 bits per heavy atom. The zero-order chi connectivity index (χ0) is 21.6. The highest BCUT2D eigenvalue weighted by molar-refractivity contribution is 5.96. The Kier molecular flexibility index (Phi) is 4.82. The van der Waals surface area contributed by atoms with Crippen molar-refractivity contribution in [3.63, 3.8) is 0 Å². The van der Waals surface area contributed by atoms with Crippen molar-refractivity contribution in [3.05, 3.63) is 41.7 Å². The third-order valence-electron chi connectivity index (χ3n) is 6.32. The number of nitrogens with zero attached hydrogens (tertiary/aromatic N) is 4. The quantitative estimate of drug-likeness (QED) is 0.640. The van der Waals surface area contributed by atoms with E-state index in [-0.39, 0.29) is 17.7 Å². The second-order valence-corrected chi connectivity index (χ2v) is 8.17. The maximum atomic E-state index is 13.7.